The minimum absolute atomic E-state index is 0.603. The largest absolute Gasteiger partial charge is 0.382 e. The third-order valence-electron chi connectivity index (χ3n) is 1.67. The van der Waals surface area contributed by atoms with Crippen LogP contribution in [-0.4, -0.2) is 14.5 Å². The molecule has 5 heteroatoms. The number of anilines is 1. The van der Waals surface area contributed by atoms with Gasteiger partial charge in [0.05, 0.1) is 12.2 Å². The molecule has 4 nitrogen and oxygen atoms in total. The van der Waals surface area contributed by atoms with Gasteiger partial charge in [0.15, 0.2) is 0 Å². The van der Waals surface area contributed by atoms with Gasteiger partial charge in [0, 0.05) is 12.1 Å². The lowest BCUT2D eigenvalue weighted by molar-refractivity contribution is 0.508. The van der Waals surface area contributed by atoms with Crippen molar-refractivity contribution in [3.05, 3.63) is 11.3 Å². The average Bonchev–Trinajstić information content (AvgIpc) is 2.35. The van der Waals surface area contributed by atoms with Crippen LogP contribution in [0, 0.1) is 0 Å². The standard InChI is InChI=1S/C5H8N4S/c6-5-3-1-9(10)2-4(3)7-8-5/h10H,1-2H2,(H3,6,7,8). The minimum Gasteiger partial charge on any atom is -0.382 e. The molecule has 2 rings (SSSR count). The summed E-state index contributed by atoms with van der Waals surface area (Å²) in [5.74, 6) is 0.603. The van der Waals surface area contributed by atoms with Crippen LogP contribution in [0.3, 0.4) is 0 Å². The Bertz CT molecular complexity index is 256. The van der Waals surface area contributed by atoms with E-state index in [0.717, 1.165) is 24.3 Å². The smallest absolute Gasteiger partial charge is 0.150 e. The molecule has 0 amide bonds. The van der Waals surface area contributed by atoms with E-state index in [9.17, 15) is 0 Å². The molecule has 0 saturated carbocycles. The van der Waals surface area contributed by atoms with E-state index in [1.807, 2.05) is 4.31 Å². The Labute approximate surface area is 63.9 Å². The summed E-state index contributed by atoms with van der Waals surface area (Å²) in [5.41, 5.74) is 7.73. The van der Waals surface area contributed by atoms with E-state index < -0.39 is 0 Å². The molecule has 10 heavy (non-hydrogen) atoms. The highest BCUT2D eigenvalue weighted by Gasteiger charge is 2.20. The van der Waals surface area contributed by atoms with E-state index in [0.29, 0.717) is 5.82 Å². The van der Waals surface area contributed by atoms with Crippen LogP contribution in [0.5, 0.6) is 0 Å². The van der Waals surface area contributed by atoms with Crippen LogP contribution in [0.15, 0.2) is 0 Å². The second kappa shape index (κ2) is 1.90. The number of hydrogen-bond donors (Lipinski definition) is 3. The summed E-state index contributed by atoms with van der Waals surface area (Å²) in [6, 6.07) is 0. The molecule has 2 heterocycles. The van der Waals surface area contributed by atoms with Gasteiger partial charge < -0.3 is 5.73 Å². The van der Waals surface area contributed by atoms with Crippen molar-refractivity contribution >= 4 is 18.6 Å². The quantitative estimate of drug-likeness (QED) is 0.469. The second-order valence-corrected chi connectivity index (χ2v) is 2.95. The molecule has 0 spiro atoms. The summed E-state index contributed by atoms with van der Waals surface area (Å²) in [6.07, 6.45) is 0. The summed E-state index contributed by atoms with van der Waals surface area (Å²) in [7, 11) is 0. The third-order valence-corrected chi connectivity index (χ3v) is 1.95. The van der Waals surface area contributed by atoms with Gasteiger partial charge in [-0.25, -0.2) is 4.31 Å². The first kappa shape index (κ1) is 6.06. The highest BCUT2D eigenvalue weighted by atomic mass is 32.1. The summed E-state index contributed by atoms with van der Waals surface area (Å²) in [6.45, 7) is 1.60. The summed E-state index contributed by atoms with van der Waals surface area (Å²) in [5, 5.41) is 6.72. The highest BCUT2D eigenvalue weighted by Crippen LogP contribution is 2.25. The zero-order chi connectivity index (χ0) is 7.14. The maximum Gasteiger partial charge on any atom is 0.150 e. The Hall–Kier alpha value is -0.680. The number of nitrogen functional groups attached to an aromatic ring is 1. The Kier molecular flexibility index (Phi) is 1.15. The van der Waals surface area contributed by atoms with Gasteiger partial charge in [-0.05, 0) is 0 Å². The second-order valence-electron chi connectivity index (χ2n) is 2.39. The van der Waals surface area contributed by atoms with Gasteiger partial charge in [-0.2, -0.15) is 5.10 Å². The molecule has 0 aliphatic carbocycles. The van der Waals surface area contributed by atoms with E-state index in [1.165, 1.54) is 0 Å². The molecule has 0 unspecified atom stereocenters. The topological polar surface area (TPSA) is 57.9 Å². The fourth-order valence-electron chi connectivity index (χ4n) is 1.15. The molecular weight excluding hydrogens is 148 g/mol. The zero-order valence-electron chi connectivity index (χ0n) is 5.33. The number of nitrogens with two attached hydrogens (primary N) is 1. The fourth-order valence-corrected chi connectivity index (χ4v) is 1.43. The molecule has 0 atom stereocenters. The van der Waals surface area contributed by atoms with Gasteiger partial charge in [0.2, 0.25) is 0 Å². The number of thiol groups is 1. The van der Waals surface area contributed by atoms with Crippen molar-refractivity contribution in [2.24, 2.45) is 0 Å². The van der Waals surface area contributed by atoms with Gasteiger partial charge >= 0.3 is 0 Å². The first-order chi connectivity index (χ1) is 4.77. The van der Waals surface area contributed by atoms with Crippen LogP contribution in [0.4, 0.5) is 5.82 Å². The third kappa shape index (κ3) is 0.708. The van der Waals surface area contributed by atoms with Gasteiger partial charge in [0.1, 0.15) is 5.82 Å². The van der Waals surface area contributed by atoms with Crippen molar-refractivity contribution in [2.75, 3.05) is 5.73 Å². The number of hydrogen-bond acceptors (Lipinski definition) is 4. The lowest BCUT2D eigenvalue weighted by atomic mass is 10.3. The van der Waals surface area contributed by atoms with Crippen LogP contribution in [0.25, 0.3) is 0 Å². The van der Waals surface area contributed by atoms with Crippen LogP contribution in [0.2, 0.25) is 0 Å². The number of fused-ring (bicyclic) bond motifs is 1. The number of aromatic amines is 1. The lowest BCUT2D eigenvalue weighted by Gasteiger charge is -2.02. The molecule has 1 aromatic heterocycles. The molecule has 0 radical (unpaired) electrons. The number of nitrogens with one attached hydrogen (secondary N) is 1. The van der Waals surface area contributed by atoms with E-state index in [1.54, 1.807) is 0 Å². The summed E-state index contributed by atoms with van der Waals surface area (Å²) in [4.78, 5) is 0. The van der Waals surface area contributed by atoms with Gasteiger partial charge in [0.25, 0.3) is 0 Å². The van der Waals surface area contributed by atoms with Crippen LogP contribution >= 0.6 is 12.8 Å². The molecular formula is C5H8N4S. The van der Waals surface area contributed by atoms with Crippen molar-refractivity contribution in [3.8, 4) is 0 Å². The van der Waals surface area contributed by atoms with Gasteiger partial charge in [-0.3, -0.25) is 5.10 Å². The van der Waals surface area contributed by atoms with Gasteiger partial charge in [-0.1, -0.05) is 12.8 Å². The van der Waals surface area contributed by atoms with Crippen molar-refractivity contribution < 1.29 is 0 Å². The predicted molar refractivity (Wildman–Crippen MR) is 41.2 cm³/mol. The lowest BCUT2D eigenvalue weighted by Crippen LogP contribution is -2.02. The highest BCUT2D eigenvalue weighted by molar-refractivity contribution is 7.77. The monoisotopic (exact) mass is 156 g/mol. The van der Waals surface area contributed by atoms with Gasteiger partial charge in [-0.15, -0.1) is 0 Å². The molecule has 0 bridgehead atoms. The molecule has 1 aliphatic rings. The fraction of sp³-hybridized carbons (Fsp3) is 0.400. The molecule has 1 aliphatic heterocycles. The van der Waals surface area contributed by atoms with Crippen molar-refractivity contribution in [2.45, 2.75) is 13.1 Å². The number of aromatic nitrogens is 2. The van der Waals surface area contributed by atoms with Crippen LogP contribution < -0.4 is 5.73 Å². The number of H-pyrrole nitrogens is 1. The Morgan fingerprint density at radius 2 is 2.40 bits per heavy atom. The van der Waals surface area contributed by atoms with Crippen molar-refractivity contribution in [1.82, 2.24) is 14.5 Å². The SMILES string of the molecule is Nc1n[nH]c2c1CN(S)C2. The Morgan fingerprint density at radius 1 is 1.60 bits per heavy atom. The van der Waals surface area contributed by atoms with E-state index in [-0.39, 0.29) is 0 Å². The van der Waals surface area contributed by atoms with Crippen molar-refractivity contribution in [3.63, 3.8) is 0 Å². The Morgan fingerprint density at radius 3 is 3.10 bits per heavy atom. The Balaban J connectivity index is 2.44. The summed E-state index contributed by atoms with van der Waals surface area (Å²) < 4.78 is 1.89. The average molecular weight is 156 g/mol. The molecule has 1 aromatic rings. The maximum absolute atomic E-state index is 5.55. The zero-order valence-corrected chi connectivity index (χ0v) is 6.23. The number of rotatable bonds is 0. The van der Waals surface area contributed by atoms with E-state index in [2.05, 4.69) is 23.0 Å². The normalized spacial score (nSPS) is 17.7. The van der Waals surface area contributed by atoms with Crippen LogP contribution in [0.1, 0.15) is 11.3 Å². The maximum atomic E-state index is 5.55. The van der Waals surface area contributed by atoms with E-state index >= 15 is 0 Å². The molecule has 0 aromatic carbocycles. The molecule has 0 fully saturated rings. The summed E-state index contributed by atoms with van der Waals surface area (Å²) >= 11 is 4.18. The van der Waals surface area contributed by atoms with Crippen molar-refractivity contribution in [1.29, 1.82) is 0 Å². The molecule has 3 N–H and O–H groups in total. The molecule has 0 saturated heterocycles. The minimum atomic E-state index is 0.603. The van der Waals surface area contributed by atoms with E-state index in [4.69, 9.17) is 5.73 Å². The first-order valence-electron chi connectivity index (χ1n) is 3.03. The number of nitrogens with zero attached hydrogens (tertiary/aromatic N) is 2. The first-order valence-corrected chi connectivity index (χ1v) is 3.43. The predicted octanol–water partition coefficient (Wildman–Crippen LogP) is 0.152. The molecule has 54 valence electrons. The van der Waals surface area contributed by atoms with Crippen LogP contribution in [-0.2, 0) is 13.1 Å².